The molecule has 0 aliphatic rings. The van der Waals surface area contributed by atoms with Gasteiger partial charge in [-0.05, 0) is 72.6 Å². The molecule has 2 rings (SSSR count). The number of nitrogens with zero attached hydrogens (tertiary/aromatic N) is 1. The van der Waals surface area contributed by atoms with Crippen molar-refractivity contribution in [1.82, 2.24) is 5.32 Å². The summed E-state index contributed by atoms with van der Waals surface area (Å²) in [5.41, 5.74) is 4.33. The molecule has 2 N–H and O–H groups in total. The van der Waals surface area contributed by atoms with Crippen molar-refractivity contribution in [3.8, 4) is 5.75 Å². The van der Waals surface area contributed by atoms with E-state index in [-0.39, 0.29) is 17.6 Å². The van der Waals surface area contributed by atoms with Crippen LogP contribution in [0.15, 0.2) is 42.5 Å². The molecule has 0 fully saturated rings. The molecule has 0 heterocycles. The molecule has 0 radical (unpaired) electrons. The fourth-order valence-corrected chi connectivity index (χ4v) is 2.93. The molecule has 0 spiro atoms. The molecule has 1 amide bonds. The third-order valence-corrected chi connectivity index (χ3v) is 4.33. The summed E-state index contributed by atoms with van der Waals surface area (Å²) in [4.78, 5) is 14.1. The SMILES string of the molecule is Cc1cc(OCC(=O)NC(=S)Nc2ccc(N(C)C)cc2)ccc1C(C)C. The molecular weight excluding hydrogens is 358 g/mol. The zero-order valence-electron chi connectivity index (χ0n) is 16.5. The Labute approximate surface area is 166 Å². The van der Waals surface area contributed by atoms with Crippen LogP contribution in [0.4, 0.5) is 11.4 Å². The van der Waals surface area contributed by atoms with Gasteiger partial charge >= 0.3 is 0 Å². The van der Waals surface area contributed by atoms with Gasteiger partial charge in [0.05, 0.1) is 0 Å². The highest BCUT2D eigenvalue weighted by atomic mass is 32.1. The van der Waals surface area contributed by atoms with Crippen LogP contribution in [0.2, 0.25) is 0 Å². The standard InChI is InChI=1S/C21H27N3O2S/c1-14(2)19-11-10-18(12-15(19)3)26-13-20(25)23-21(27)22-16-6-8-17(9-7-16)24(4)5/h6-12,14H,13H2,1-5H3,(H2,22,23,25,27). The normalized spacial score (nSPS) is 10.4. The maximum Gasteiger partial charge on any atom is 0.264 e. The second-order valence-electron chi connectivity index (χ2n) is 6.91. The maximum atomic E-state index is 12.1. The topological polar surface area (TPSA) is 53.6 Å². The van der Waals surface area contributed by atoms with Gasteiger partial charge in [-0.1, -0.05) is 19.9 Å². The van der Waals surface area contributed by atoms with Gasteiger partial charge in [-0.25, -0.2) is 0 Å². The van der Waals surface area contributed by atoms with E-state index in [0.29, 0.717) is 11.7 Å². The lowest BCUT2D eigenvalue weighted by Crippen LogP contribution is -2.37. The molecule has 27 heavy (non-hydrogen) atoms. The van der Waals surface area contributed by atoms with Gasteiger partial charge in [-0.15, -0.1) is 0 Å². The van der Waals surface area contributed by atoms with Crippen molar-refractivity contribution in [2.75, 3.05) is 30.9 Å². The van der Waals surface area contributed by atoms with Crippen LogP contribution >= 0.6 is 12.2 Å². The lowest BCUT2D eigenvalue weighted by molar-refractivity contribution is -0.121. The molecule has 6 heteroatoms. The Morgan fingerprint density at radius 1 is 1.15 bits per heavy atom. The largest absolute Gasteiger partial charge is 0.484 e. The highest BCUT2D eigenvalue weighted by Crippen LogP contribution is 2.23. The van der Waals surface area contributed by atoms with Crippen molar-refractivity contribution in [2.45, 2.75) is 26.7 Å². The van der Waals surface area contributed by atoms with E-state index in [1.54, 1.807) is 0 Å². The number of ether oxygens (including phenoxy) is 1. The molecule has 0 aliphatic heterocycles. The Bertz CT molecular complexity index is 802. The van der Waals surface area contributed by atoms with Gasteiger partial charge < -0.3 is 15.0 Å². The van der Waals surface area contributed by atoms with Gasteiger partial charge in [-0.3, -0.25) is 10.1 Å². The fraction of sp³-hybridized carbons (Fsp3) is 0.333. The van der Waals surface area contributed by atoms with E-state index in [4.69, 9.17) is 17.0 Å². The summed E-state index contributed by atoms with van der Waals surface area (Å²) >= 11 is 5.19. The van der Waals surface area contributed by atoms with Crippen LogP contribution in [0.1, 0.15) is 30.9 Å². The number of hydrogen-bond acceptors (Lipinski definition) is 4. The van der Waals surface area contributed by atoms with Crippen LogP contribution in [-0.4, -0.2) is 31.7 Å². The summed E-state index contributed by atoms with van der Waals surface area (Å²) in [5.74, 6) is 0.825. The Balaban J connectivity index is 1.83. The summed E-state index contributed by atoms with van der Waals surface area (Å²) in [6.07, 6.45) is 0. The first-order valence-electron chi connectivity index (χ1n) is 8.88. The van der Waals surface area contributed by atoms with Crippen LogP contribution in [0.25, 0.3) is 0 Å². The minimum atomic E-state index is -0.303. The van der Waals surface area contributed by atoms with Crippen molar-refractivity contribution in [2.24, 2.45) is 0 Å². The van der Waals surface area contributed by atoms with Crippen molar-refractivity contribution in [3.63, 3.8) is 0 Å². The molecule has 2 aromatic rings. The van der Waals surface area contributed by atoms with E-state index in [0.717, 1.165) is 16.9 Å². The number of amides is 1. The number of rotatable bonds is 6. The number of carbonyl (C=O) groups is 1. The average molecular weight is 386 g/mol. The predicted octanol–water partition coefficient (Wildman–Crippen LogP) is 4.08. The van der Waals surface area contributed by atoms with Crippen molar-refractivity contribution in [1.29, 1.82) is 0 Å². The molecule has 0 aromatic heterocycles. The summed E-state index contributed by atoms with van der Waals surface area (Å²) in [7, 11) is 3.95. The lowest BCUT2D eigenvalue weighted by Gasteiger charge is -2.14. The molecule has 0 saturated carbocycles. The molecular formula is C21H27N3O2S. The van der Waals surface area contributed by atoms with Crippen molar-refractivity contribution < 1.29 is 9.53 Å². The van der Waals surface area contributed by atoms with Crippen molar-refractivity contribution in [3.05, 3.63) is 53.6 Å². The Kier molecular flexibility index (Phi) is 7.19. The third-order valence-electron chi connectivity index (χ3n) is 4.13. The molecule has 0 unspecified atom stereocenters. The first-order valence-corrected chi connectivity index (χ1v) is 9.28. The number of nitrogens with one attached hydrogen (secondary N) is 2. The second kappa shape index (κ2) is 9.37. The molecule has 5 nitrogen and oxygen atoms in total. The summed E-state index contributed by atoms with van der Waals surface area (Å²) in [5, 5.41) is 5.86. The number of anilines is 2. The Hall–Kier alpha value is -2.60. The monoisotopic (exact) mass is 385 g/mol. The number of thiocarbonyl (C=S) groups is 1. The van der Waals surface area contributed by atoms with Crippen LogP contribution in [-0.2, 0) is 4.79 Å². The minimum absolute atomic E-state index is 0.0954. The van der Waals surface area contributed by atoms with Gasteiger partial charge in [0.2, 0.25) is 0 Å². The van der Waals surface area contributed by atoms with Crippen LogP contribution in [0.3, 0.4) is 0 Å². The molecule has 144 valence electrons. The van der Waals surface area contributed by atoms with Crippen LogP contribution in [0, 0.1) is 6.92 Å². The molecule has 0 atom stereocenters. The van der Waals surface area contributed by atoms with E-state index >= 15 is 0 Å². The van der Waals surface area contributed by atoms with E-state index in [1.807, 2.05) is 68.4 Å². The van der Waals surface area contributed by atoms with Gasteiger partial charge in [-0.2, -0.15) is 0 Å². The average Bonchev–Trinajstić information content (AvgIpc) is 2.60. The number of aryl methyl sites for hydroxylation is 1. The van der Waals surface area contributed by atoms with E-state index < -0.39 is 0 Å². The highest BCUT2D eigenvalue weighted by Gasteiger charge is 2.08. The Morgan fingerprint density at radius 2 is 1.81 bits per heavy atom. The minimum Gasteiger partial charge on any atom is -0.484 e. The fourth-order valence-electron chi connectivity index (χ4n) is 2.70. The summed E-state index contributed by atoms with van der Waals surface area (Å²) in [6.45, 7) is 6.25. The second-order valence-corrected chi connectivity index (χ2v) is 7.31. The number of hydrogen-bond donors (Lipinski definition) is 2. The molecule has 0 aliphatic carbocycles. The van der Waals surface area contributed by atoms with Gasteiger partial charge in [0.15, 0.2) is 11.7 Å². The van der Waals surface area contributed by atoms with E-state index in [1.165, 1.54) is 5.56 Å². The number of benzene rings is 2. The Morgan fingerprint density at radius 3 is 2.37 bits per heavy atom. The number of carbonyl (C=O) groups excluding carboxylic acids is 1. The van der Waals surface area contributed by atoms with Gasteiger partial charge in [0.1, 0.15) is 5.75 Å². The molecule has 0 bridgehead atoms. The van der Waals surface area contributed by atoms with Gasteiger partial charge in [0, 0.05) is 25.5 Å². The molecule has 2 aromatic carbocycles. The van der Waals surface area contributed by atoms with Gasteiger partial charge in [0.25, 0.3) is 5.91 Å². The van der Waals surface area contributed by atoms with Crippen LogP contribution in [0.5, 0.6) is 5.75 Å². The maximum absolute atomic E-state index is 12.1. The predicted molar refractivity (Wildman–Crippen MR) is 116 cm³/mol. The highest BCUT2D eigenvalue weighted by molar-refractivity contribution is 7.80. The summed E-state index contributed by atoms with van der Waals surface area (Å²) in [6, 6.07) is 13.6. The van der Waals surface area contributed by atoms with E-state index in [9.17, 15) is 4.79 Å². The lowest BCUT2D eigenvalue weighted by atomic mass is 9.98. The smallest absolute Gasteiger partial charge is 0.264 e. The zero-order valence-corrected chi connectivity index (χ0v) is 17.3. The molecule has 0 saturated heterocycles. The summed E-state index contributed by atoms with van der Waals surface area (Å²) < 4.78 is 5.57. The third kappa shape index (κ3) is 6.25. The first kappa shape index (κ1) is 20.7. The van der Waals surface area contributed by atoms with Crippen molar-refractivity contribution >= 4 is 34.6 Å². The van der Waals surface area contributed by atoms with E-state index in [2.05, 4.69) is 24.5 Å². The zero-order chi connectivity index (χ0) is 20.0. The first-order chi connectivity index (χ1) is 12.8. The quantitative estimate of drug-likeness (QED) is 0.734. The van der Waals surface area contributed by atoms with Crippen LogP contribution < -0.4 is 20.3 Å².